The zero-order valence-electron chi connectivity index (χ0n) is 8.44. The number of hydrogen-bond acceptors (Lipinski definition) is 3. The summed E-state index contributed by atoms with van der Waals surface area (Å²) in [7, 11) is 0. The largest absolute Gasteiger partial charge is 0.379 e. The van der Waals surface area contributed by atoms with Crippen molar-refractivity contribution >= 4 is 0 Å². The van der Waals surface area contributed by atoms with Gasteiger partial charge in [-0.25, -0.2) is 4.98 Å². The second-order valence-corrected chi connectivity index (χ2v) is 3.78. The first kappa shape index (κ1) is 9.68. The molecule has 2 heterocycles. The summed E-state index contributed by atoms with van der Waals surface area (Å²) in [5.41, 5.74) is -0.862. The number of nitrogens with zero attached hydrogens (tertiary/aromatic N) is 2. The van der Waals surface area contributed by atoms with E-state index in [-0.39, 0.29) is 0 Å². The molecule has 4 nitrogen and oxygen atoms in total. The fourth-order valence-corrected chi connectivity index (χ4v) is 1.87. The van der Waals surface area contributed by atoms with E-state index in [1.807, 2.05) is 10.8 Å². The highest BCUT2D eigenvalue weighted by Crippen LogP contribution is 2.28. The van der Waals surface area contributed by atoms with Crippen LogP contribution < -0.4 is 0 Å². The minimum absolute atomic E-state index is 0.369. The van der Waals surface area contributed by atoms with Crippen molar-refractivity contribution in [1.82, 2.24) is 9.55 Å². The molecule has 0 saturated carbocycles. The Labute approximate surface area is 83.5 Å². The van der Waals surface area contributed by atoms with Crippen LogP contribution in [0, 0.1) is 0 Å². The highest BCUT2D eigenvalue weighted by Gasteiger charge is 2.37. The van der Waals surface area contributed by atoms with Gasteiger partial charge in [-0.15, -0.1) is 0 Å². The van der Waals surface area contributed by atoms with Gasteiger partial charge in [0.05, 0.1) is 13.2 Å². The van der Waals surface area contributed by atoms with E-state index in [0.717, 1.165) is 18.8 Å². The van der Waals surface area contributed by atoms with Crippen LogP contribution in [-0.4, -0.2) is 27.9 Å². The minimum atomic E-state index is -0.862. The van der Waals surface area contributed by atoms with Gasteiger partial charge in [0.15, 0.2) is 0 Å². The Morgan fingerprint density at radius 1 is 1.71 bits per heavy atom. The fourth-order valence-electron chi connectivity index (χ4n) is 1.87. The quantitative estimate of drug-likeness (QED) is 0.781. The van der Waals surface area contributed by atoms with Gasteiger partial charge in [0.25, 0.3) is 0 Å². The molecule has 1 aromatic rings. The number of ether oxygens (including phenoxy) is 1. The lowest BCUT2D eigenvalue weighted by Crippen LogP contribution is -2.30. The zero-order chi connectivity index (χ0) is 10.0. The average Bonchev–Trinajstić information content (AvgIpc) is 2.75. The van der Waals surface area contributed by atoms with E-state index in [9.17, 15) is 5.11 Å². The van der Waals surface area contributed by atoms with E-state index in [2.05, 4.69) is 11.9 Å². The molecular weight excluding hydrogens is 180 g/mol. The lowest BCUT2D eigenvalue weighted by molar-refractivity contribution is 0.0123. The van der Waals surface area contributed by atoms with Gasteiger partial charge in [0.1, 0.15) is 11.4 Å². The third kappa shape index (κ3) is 1.55. The van der Waals surface area contributed by atoms with Crippen molar-refractivity contribution in [2.45, 2.75) is 31.9 Å². The molecule has 1 N–H and O–H groups in total. The van der Waals surface area contributed by atoms with Crippen molar-refractivity contribution in [3.05, 3.63) is 18.2 Å². The van der Waals surface area contributed by atoms with E-state index in [1.54, 1.807) is 6.20 Å². The zero-order valence-corrected chi connectivity index (χ0v) is 8.44. The fraction of sp³-hybridized carbons (Fsp3) is 0.700. The highest BCUT2D eigenvalue weighted by molar-refractivity contribution is 5.07. The van der Waals surface area contributed by atoms with Gasteiger partial charge in [-0.3, -0.25) is 0 Å². The summed E-state index contributed by atoms with van der Waals surface area (Å²) in [5, 5.41) is 10.3. The maximum Gasteiger partial charge on any atom is 0.147 e. The molecule has 0 spiro atoms. The molecule has 0 radical (unpaired) electrons. The lowest BCUT2D eigenvalue weighted by atomic mass is 10.0. The normalized spacial score (nSPS) is 27.0. The summed E-state index contributed by atoms with van der Waals surface area (Å²) in [4.78, 5) is 4.22. The molecule has 1 aliphatic heterocycles. The van der Waals surface area contributed by atoms with Crippen molar-refractivity contribution in [2.24, 2.45) is 0 Å². The van der Waals surface area contributed by atoms with Crippen LogP contribution in [0.2, 0.25) is 0 Å². The Balaban J connectivity index is 2.25. The van der Waals surface area contributed by atoms with Crippen molar-refractivity contribution in [3.8, 4) is 0 Å². The van der Waals surface area contributed by atoms with Crippen LogP contribution >= 0.6 is 0 Å². The Bertz CT molecular complexity index is 303. The monoisotopic (exact) mass is 196 g/mol. The summed E-state index contributed by atoms with van der Waals surface area (Å²) >= 11 is 0. The predicted octanol–water partition coefficient (Wildman–Crippen LogP) is 0.901. The van der Waals surface area contributed by atoms with Crippen molar-refractivity contribution in [3.63, 3.8) is 0 Å². The van der Waals surface area contributed by atoms with Crippen LogP contribution in [0.15, 0.2) is 12.4 Å². The predicted molar refractivity (Wildman–Crippen MR) is 51.9 cm³/mol. The first-order valence-corrected chi connectivity index (χ1v) is 5.08. The van der Waals surface area contributed by atoms with E-state index in [4.69, 9.17) is 4.74 Å². The third-order valence-electron chi connectivity index (χ3n) is 2.60. The number of hydrogen-bond donors (Lipinski definition) is 1. The molecule has 4 heteroatoms. The molecule has 78 valence electrons. The number of rotatable bonds is 3. The molecule has 1 aliphatic rings. The summed E-state index contributed by atoms with van der Waals surface area (Å²) in [5.74, 6) is 0.747. The Morgan fingerprint density at radius 2 is 2.57 bits per heavy atom. The van der Waals surface area contributed by atoms with Crippen LogP contribution in [0.25, 0.3) is 0 Å². The van der Waals surface area contributed by atoms with Crippen molar-refractivity contribution in [2.75, 3.05) is 13.2 Å². The van der Waals surface area contributed by atoms with E-state index in [1.165, 1.54) is 0 Å². The summed E-state index contributed by atoms with van der Waals surface area (Å²) in [6, 6.07) is 0. The molecule has 0 aliphatic carbocycles. The smallest absolute Gasteiger partial charge is 0.147 e. The molecule has 2 rings (SSSR count). The summed E-state index contributed by atoms with van der Waals surface area (Å²) in [6.45, 7) is 4.00. The van der Waals surface area contributed by atoms with Crippen molar-refractivity contribution < 1.29 is 9.84 Å². The molecule has 1 saturated heterocycles. The summed E-state index contributed by atoms with van der Waals surface area (Å²) in [6.07, 6.45) is 5.34. The maximum atomic E-state index is 10.3. The Kier molecular flexibility index (Phi) is 2.56. The van der Waals surface area contributed by atoms with E-state index >= 15 is 0 Å². The molecule has 0 bridgehead atoms. The molecular formula is C10H16N2O2. The van der Waals surface area contributed by atoms with Crippen LogP contribution in [0.5, 0.6) is 0 Å². The SMILES string of the molecule is CCCn1ccnc1C1(O)CCOC1. The van der Waals surface area contributed by atoms with Gasteiger partial charge in [-0.2, -0.15) is 0 Å². The molecule has 14 heavy (non-hydrogen) atoms. The number of aliphatic hydroxyl groups is 1. The highest BCUT2D eigenvalue weighted by atomic mass is 16.5. The summed E-state index contributed by atoms with van der Waals surface area (Å²) < 4.78 is 7.22. The molecule has 1 unspecified atom stereocenters. The minimum Gasteiger partial charge on any atom is -0.379 e. The Morgan fingerprint density at radius 3 is 3.21 bits per heavy atom. The second kappa shape index (κ2) is 3.71. The van der Waals surface area contributed by atoms with Crippen LogP contribution in [-0.2, 0) is 16.9 Å². The molecule has 1 fully saturated rings. The molecule has 0 amide bonds. The Hall–Kier alpha value is -0.870. The van der Waals surface area contributed by atoms with Gasteiger partial charge in [-0.1, -0.05) is 6.92 Å². The van der Waals surface area contributed by atoms with Gasteiger partial charge in [0, 0.05) is 25.4 Å². The molecule has 0 aromatic carbocycles. The average molecular weight is 196 g/mol. The van der Waals surface area contributed by atoms with Crippen LogP contribution in [0.1, 0.15) is 25.6 Å². The van der Waals surface area contributed by atoms with Crippen LogP contribution in [0.4, 0.5) is 0 Å². The van der Waals surface area contributed by atoms with Gasteiger partial charge >= 0.3 is 0 Å². The first-order valence-electron chi connectivity index (χ1n) is 5.08. The van der Waals surface area contributed by atoms with Gasteiger partial charge < -0.3 is 14.4 Å². The molecule has 1 aromatic heterocycles. The maximum absolute atomic E-state index is 10.3. The van der Waals surface area contributed by atoms with E-state index in [0.29, 0.717) is 19.6 Å². The van der Waals surface area contributed by atoms with E-state index < -0.39 is 5.60 Å². The number of imidazole rings is 1. The van der Waals surface area contributed by atoms with Crippen LogP contribution in [0.3, 0.4) is 0 Å². The topological polar surface area (TPSA) is 47.3 Å². The lowest BCUT2D eigenvalue weighted by Gasteiger charge is -2.20. The van der Waals surface area contributed by atoms with Gasteiger partial charge in [-0.05, 0) is 6.42 Å². The number of aromatic nitrogens is 2. The second-order valence-electron chi connectivity index (χ2n) is 3.78. The van der Waals surface area contributed by atoms with Crippen molar-refractivity contribution in [1.29, 1.82) is 0 Å². The third-order valence-corrected chi connectivity index (χ3v) is 2.60. The molecule has 1 atom stereocenters. The standard InChI is InChI=1S/C10H16N2O2/c1-2-5-12-6-4-11-9(12)10(13)3-7-14-8-10/h4,6,13H,2-3,5,7-8H2,1H3. The first-order chi connectivity index (χ1) is 6.76. The number of aryl methyl sites for hydroxylation is 1. The van der Waals surface area contributed by atoms with Gasteiger partial charge in [0.2, 0.25) is 0 Å².